The smallest absolute Gasteiger partial charge is 0.254 e. The van der Waals surface area contributed by atoms with Crippen LogP contribution in [0, 0.1) is 11.3 Å². The monoisotopic (exact) mass is 334 g/mol. The molecule has 1 aromatic heterocycles. The van der Waals surface area contributed by atoms with E-state index < -0.39 is 5.41 Å². The largest absolute Gasteiger partial charge is 0.292 e. The summed E-state index contributed by atoms with van der Waals surface area (Å²) in [5.41, 5.74) is 0.909. The summed E-state index contributed by atoms with van der Waals surface area (Å²) in [6, 6.07) is 1.79. The first-order chi connectivity index (χ1) is 10.9. The molecule has 2 rings (SSSR count). The van der Waals surface area contributed by atoms with Gasteiger partial charge < -0.3 is 0 Å². The summed E-state index contributed by atoms with van der Waals surface area (Å²) in [6.07, 6.45) is 4.27. The van der Waals surface area contributed by atoms with Crippen LogP contribution in [0.3, 0.4) is 0 Å². The molecule has 0 saturated heterocycles. The van der Waals surface area contributed by atoms with Gasteiger partial charge in [0.25, 0.3) is 5.91 Å². The Morgan fingerprint density at radius 2 is 2.22 bits per heavy atom. The number of carbonyl (C=O) groups is 2. The van der Waals surface area contributed by atoms with E-state index >= 15 is 0 Å². The molecule has 1 unspecified atom stereocenters. The molecule has 0 N–H and O–H groups in total. The molecule has 2 atom stereocenters. The Kier molecular flexibility index (Phi) is 5.74. The summed E-state index contributed by atoms with van der Waals surface area (Å²) < 4.78 is 0. The number of carbonyl (C=O) groups excluding carboxylic acids is 2. The number of hydrazone groups is 1. The van der Waals surface area contributed by atoms with Gasteiger partial charge in [-0.15, -0.1) is 0 Å². The lowest BCUT2D eigenvalue weighted by Gasteiger charge is -2.26. The number of rotatable bonds is 8. The number of ketones is 1. The van der Waals surface area contributed by atoms with Crippen LogP contribution >= 0.6 is 11.3 Å². The van der Waals surface area contributed by atoms with Crippen LogP contribution < -0.4 is 0 Å². The molecule has 2 heterocycles. The highest BCUT2D eigenvalue weighted by Crippen LogP contribution is 2.36. The Labute approximate surface area is 142 Å². The van der Waals surface area contributed by atoms with Crippen molar-refractivity contribution in [3.05, 3.63) is 22.4 Å². The molecule has 1 aromatic rings. The SMILES string of the molecule is CCCC[C@H](C)CC1(C)C(=O)N(CC(=O)c2ccsc2)N=C1C. The van der Waals surface area contributed by atoms with Gasteiger partial charge >= 0.3 is 0 Å². The van der Waals surface area contributed by atoms with E-state index in [-0.39, 0.29) is 18.2 Å². The first-order valence-electron chi connectivity index (χ1n) is 8.31. The quantitative estimate of drug-likeness (QED) is 0.663. The highest BCUT2D eigenvalue weighted by atomic mass is 32.1. The van der Waals surface area contributed by atoms with Crippen LogP contribution in [0.15, 0.2) is 21.9 Å². The standard InChI is InChI=1S/C18H26N2O2S/c1-5-6-7-13(2)10-18(4)14(3)19-20(17(18)22)11-16(21)15-8-9-23-12-15/h8-9,12-13H,5-7,10-11H2,1-4H3/t13-,18?/m0/s1. The third-order valence-electron chi connectivity index (χ3n) is 4.72. The van der Waals surface area contributed by atoms with Gasteiger partial charge in [-0.3, -0.25) is 9.59 Å². The average molecular weight is 334 g/mol. The van der Waals surface area contributed by atoms with Crippen LogP contribution in [0.4, 0.5) is 0 Å². The molecule has 0 fully saturated rings. The number of unbranched alkanes of at least 4 members (excludes halogenated alkanes) is 1. The minimum atomic E-state index is -0.567. The van der Waals surface area contributed by atoms with Gasteiger partial charge in [-0.05, 0) is 37.6 Å². The Balaban J connectivity index is 2.04. The first kappa shape index (κ1) is 17.9. The minimum Gasteiger partial charge on any atom is -0.292 e. The van der Waals surface area contributed by atoms with Crippen LogP contribution in [0.5, 0.6) is 0 Å². The molecule has 0 bridgehead atoms. The van der Waals surface area contributed by atoms with Crippen molar-refractivity contribution in [2.75, 3.05) is 6.54 Å². The number of amides is 1. The number of Topliss-reactive ketones (excluding diaryl/α,β-unsaturated/α-hetero) is 1. The van der Waals surface area contributed by atoms with Gasteiger partial charge in [-0.25, -0.2) is 5.01 Å². The third-order valence-corrected chi connectivity index (χ3v) is 5.40. The molecule has 1 aliphatic rings. The Morgan fingerprint density at radius 3 is 2.83 bits per heavy atom. The van der Waals surface area contributed by atoms with Crippen LogP contribution in [0.1, 0.15) is 63.7 Å². The highest BCUT2D eigenvalue weighted by Gasteiger charge is 2.46. The van der Waals surface area contributed by atoms with Gasteiger partial charge in [-0.2, -0.15) is 16.4 Å². The number of hydrogen-bond acceptors (Lipinski definition) is 4. The second kappa shape index (κ2) is 7.39. The summed E-state index contributed by atoms with van der Waals surface area (Å²) in [7, 11) is 0. The van der Waals surface area contributed by atoms with Crippen LogP contribution in [0.2, 0.25) is 0 Å². The van der Waals surface area contributed by atoms with E-state index in [4.69, 9.17) is 0 Å². The summed E-state index contributed by atoms with van der Waals surface area (Å²) >= 11 is 1.48. The Hall–Kier alpha value is -1.49. The van der Waals surface area contributed by atoms with Crippen LogP contribution in [-0.4, -0.2) is 29.0 Å². The fraction of sp³-hybridized carbons (Fsp3) is 0.611. The lowest BCUT2D eigenvalue weighted by Crippen LogP contribution is -2.39. The second-order valence-corrected chi connectivity index (χ2v) is 7.55. The zero-order chi connectivity index (χ0) is 17.0. The van der Waals surface area contributed by atoms with Gasteiger partial charge in [-0.1, -0.05) is 33.1 Å². The molecule has 0 aromatic carbocycles. The fourth-order valence-corrected chi connectivity index (χ4v) is 3.78. The lowest BCUT2D eigenvalue weighted by molar-refractivity contribution is -0.135. The maximum absolute atomic E-state index is 12.8. The maximum atomic E-state index is 12.8. The van der Waals surface area contributed by atoms with Crippen molar-refractivity contribution in [3.8, 4) is 0 Å². The predicted molar refractivity (Wildman–Crippen MR) is 94.9 cm³/mol. The van der Waals surface area contributed by atoms with Crippen molar-refractivity contribution in [1.82, 2.24) is 5.01 Å². The molecule has 5 heteroatoms. The maximum Gasteiger partial charge on any atom is 0.254 e. The first-order valence-corrected chi connectivity index (χ1v) is 9.25. The molecule has 0 saturated carbocycles. The molecule has 0 radical (unpaired) electrons. The van der Waals surface area contributed by atoms with Crippen molar-refractivity contribution in [2.24, 2.45) is 16.4 Å². The molecular formula is C18H26N2O2S. The van der Waals surface area contributed by atoms with Crippen molar-refractivity contribution in [1.29, 1.82) is 0 Å². The Bertz CT molecular complexity index is 594. The predicted octanol–water partition coefficient (Wildman–Crippen LogP) is 4.37. The molecule has 23 heavy (non-hydrogen) atoms. The minimum absolute atomic E-state index is 0.0336. The van der Waals surface area contributed by atoms with Gasteiger partial charge in [0, 0.05) is 10.9 Å². The molecule has 4 nitrogen and oxygen atoms in total. The molecule has 1 aliphatic heterocycles. The topological polar surface area (TPSA) is 49.7 Å². The molecule has 126 valence electrons. The summed E-state index contributed by atoms with van der Waals surface area (Å²) in [4.78, 5) is 25.0. The number of nitrogens with zero attached hydrogens (tertiary/aromatic N) is 2. The molecule has 0 spiro atoms. The fourth-order valence-electron chi connectivity index (χ4n) is 3.12. The van der Waals surface area contributed by atoms with Crippen molar-refractivity contribution < 1.29 is 9.59 Å². The second-order valence-electron chi connectivity index (χ2n) is 6.77. The van der Waals surface area contributed by atoms with Crippen LogP contribution in [-0.2, 0) is 4.79 Å². The van der Waals surface area contributed by atoms with Gasteiger partial charge in [0.2, 0.25) is 0 Å². The normalized spacial score (nSPS) is 22.3. The van der Waals surface area contributed by atoms with Gasteiger partial charge in [0.15, 0.2) is 5.78 Å². The summed E-state index contributed by atoms with van der Waals surface area (Å²) in [5.74, 6) is 0.378. The third kappa shape index (κ3) is 3.89. The van der Waals surface area contributed by atoms with Crippen molar-refractivity contribution in [3.63, 3.8) is 0 Å². The van der Waals surface area contributed by atoms with Gasteiger partial charge in [0.1, 0.15) is 6.54 Å². The molecule has 1 amide bonds. The van der Waals surface area contributed by atoms with Crippen LogP contribution in [0.25, 0.3) is 0 Å². The number of hydrogen-bond donors (Lipinski definition) is 0. The Morgan fingerprint density at radius 1 is 1.48 bits per heavy atom. The van der Waals surface area contributed by atoms with E-state index in [1.165, 1.54) is 29.2 Å². The lowest BCUT2D eigenvalue weighted by atomic mass is 9.76. The van der Waals surface area contributed by atoms with E-state index in [1.807, 2.05) is 24.6 Å². The number of thiophene rings is 1. The zero-order valence-corrected chi connectivity index (χ0v) is 15.3. The van der Waals surface area contributed by atoms with Crippen molar-refractivity contribution in [2.45, 2.75) is 53.4 Å². The molecular weight excluding hydrogens is 308 g/mol. The highest BCUT2D eigenvalue weighted by molar-refractivity contribution is 7.08. The summed E-state index contributed by atoms with van der Waals surface area (Å²) in [6.45, 7) is 8.28. The summed E-state index contributed by atoms with van der Waals surface area (Å²) in [5, 5.41) is 9.43. The average Bonchev–Trinajstić information content (AvgIpc) is 3.10. The van der Waals surface area contributed by atoms with E-state index in [2.05, 4.69) is 18.9 Å². The van der Waals surface area contributed by atoms with E-state index in [9.17, 15) is 9.59 Å². The van der Waals surface area contributed by atoms with E-state index in [0.717, 1.165) is 18.6 Å². The van der Waals surface area contributed by atoms with Crippen molar-refractivity contribution >= 4 is 28.7 Å². The van der Waals surface area contributed by atoms with E-state index in [1.54, 1.807) is 6.07 Å². The van der Waals surface area contributed by atoms with E-state index in [0.29, 0.717) is 11.5 Å². The zero-order valence-electron chi connectivity index (χ0n) is 14.5. The molecule has 0 aliphatic carbocycles. The van der Waals surface area contributed by atoms with Gasteiger partial charge in [0.05, 0.1) is 11.1 Å².